The van der Waals surface area contributed by atoms with Gasteiger partial charge >= 0.3 is 5.97 Å². The highest BCUT2D eigenvalue weighted by Crippen LogP contribution is 2.40. The Bertz CT molecular complexity index is 1350. The average Bonchev–Trinajstić information content (AvgIpc) is 3.31. The molecule has 0 aliphatic carbocycles. The number of hydrogen-bond acceptors (Lipinski definition) is 8. The summed E-state index contributed by atoms with van der Waals surface area (Å²) >= 11 is 14.2. The Morgan fingerprint density at radius 3 is 2.68 bits per heavy atom. The van der Waals surface area contributed by atoms with E-state index in [0.717, 1.165) is 17.7 Å². The summed E-state index contributed by atoms with van der Waals surface area (Å²) in [4.78, 5) is 17.8. The zero-order valence-corrected chi connectivity index (χ0v) is 23.6. The maximum atomic E-state index is 13.2. The lowest BCUT2D eigenvalue weighted by molar-refractivity contribution is -0.138. The van der Waals surface area contributed by atoms with Gasteiger partial charge in [-0.3, -0.25) is 0 Å². The van der Waals surface area contributed by atoms with Crippen LogP contribution < -0.4 is 14.8 Å². The van der Waals surface area contributed by atoms with Gasteiger partial charge in [0.25, 0.3) is 0 Å². The number of allylic oxidation sites excluding steroid dienone is 1. The summed E-state index contributed by atoms with van der Waals surface area (Å²) in [5.41, 5.74) is 2.46. The third-order valence-corrected chi connectivity index (χ3v) is 7.51. The predicted molar refractivity (Wildman–Crippen MR) is 150 cm³/mol. The van der Waals surface area contributed by atoms with E-state index >= 15 is 0 Å². The van der Waals surface area contributed by atoms with E-state index in [2.05, 4.69) is 23.8 Å². The first-order valence-electron chi connectivity index (χ1n) is 12.0. The summed E-state index contributed by atoms with van der Waals surface area (Å²) in [6.45, 7) is 7.80. The van der Waals surface area contributed by atoms with E-state index < -0.39 is 12.0 Å². The van der Waals surface area contributed by atoms with Crippen LogP contribution in [0.5, 0.6) is 11.5 Å². The number of aromatic nitrogens is 3. The van der Waals surface area contributed by atoms with Crippen LogP contribution in [0.3, 0.4) is 0 Å². The number of halogens is 2. The van der Waals surface area contributed by atoms with Gasteiger partial charge in [-0.2, -0.15) is 4.98 Å². The topological polar surface area (TPSA) is 87.5 Å². The lowest BCUT2D eigenvalue weighted by Gasteiger charge is -2.28. The highest BCUT2D eigenvalue weighted by Gasteiger charge is 2.35. The van der Waals surface area contributed by atoms with Crippen LogP contribution in [0.1, 0.15) is 37.4 Å². The first-order valence-corrected chi connectivity index (χ1v) is 13.7. The van der Waals surface area contributed by atoms with Crippen molar-refractivity contribution in [1.29, 1.82) is 0 Å². The van der Waals surface area contributed by atoms with Crippen molar-refractivity contribution >= 4 is 46.9 Å². The summed E-state index contributed by atoms with van der Waals surface area (Å²) in [6, 6.07) is 10.2. The maximum absolute atomic E-state index is 13.2. The summed E-state index contributed by atoms with van der Waals surface area (Å²) in [6.07, 6.45) is 2.51. The molecule has 1 aliphatic rings. The van der Waals surface area contributed by atoms with Crippen LogP contribution in [0, 0.1) is 0 Å². The number of thioether (sulfide) groups is 1. The van der Waals surface area contributed by atoms with E-state index in [1.165, 1.54) is 6.08 Å². The molecule has 0 fully saturated rings. The van der Waals surface area contributed by atoms with Gasteiger partial charge in [0, 0.05) is 27.1 Å². The number of esters is 1. The second-order valence-electron chi connectivity index (χ2n) is 8.36. The molecule has 11 heteroatoms. The Labute approximate surface area is 236 Å². The molecule has 1 N–H and O–H groups in total. The van der Waals surface area contributed by atoms with E-state index in [1.54, 1.807) is 47.8 Å². The Morgan fingerprint density at radius 2 is 2.00 bits per heavy atom. The van der Waals surface area contributed by atoms with Gasteiger partial charge in [0.1, 0.15) is 19.3 Å². The molecule has 1 aliphatic heterocycles. The average molecular weight is 576 g/mol. The lowest BCUT2D eigenvalue weighted by Crippen LogP contribution is -2.29. The maximum Gasteiger partial charge on any atom is 0.338 e. The molecule has 8 nitrogen and oxygen atoms in total. The lowest BCUT2D eigenvalue weighted by atomic mass is 9.95. The van der Waals surface area contributed by atoms with Gasteiger partial charge in [0.2, 0.25) is 11.1 Å². The van der Waals surface area contributed by atoms with Crippen LogP contribution in [0.4, 0.5) is 5.95 Å². The van der Waals surface area contributed by atoms with Crippen molar-refractivity contribution in [2.24, 2.45) is 0 Å². The molecular formula is C27H28Cl2N4O4S. The van der Waals surface area contributed by atoms with Crippen LogP contribution in [-0.2, 0) is 16.1 Å². The minimum Gasteiger partial charge on any atom is -0.493 e. The number of anilines is 1. The number of methoxy groups -OCH3 is 1. The molecule has 1 aromatic heterocycles. The predicted octanol–water partition coefficient (Wildman–Crippen LogP) is 6.69. The van der Waals surface area contributed by atoms with E-state index in [0.29, 0.717) is 49.5 Å². The monoisotopic (exact) mass is 574 g/mol. The normalized spacial score (nSPS) is 14.5. The molecule has 3 aromatic rings. The first kappa shape index (κ1) is 27.9. The molecule has 4 rings (SSSR count). The van der Waals surface area contributed by atoms with Crippen molar-refractivity contribution in [1.82, 2.24) is 14.8 Å². The molecule has 0 bridgehead atoms. The van der Waals surface area contributed by atoms with Gasteiger partial charge < -0.3 is 19.5 Å². The number of benzene rings is 2. The zero-order chi connectivity index (χ0) is 27.2. The smallest absolute Gasteiger partial charge is 0.338 e. The van der Waals surface area contributed by atoms with Gasteiger partial charge in [-0.1, -0.05) is 66.7 Å². The molecule has 1 atom stereocenters. The van der Waals surface area contributed by atoms with Gasteiger partial charge in [0.05, 0.1) is 12.7 Å². The largest absolute Gasteiger partial charge is 0.493 e. The fourth-order valence-corrected chi connectivity index (χ4v) is 5.15. The zero-order valence-electron chi connectivity index (χ0n) is 21.3. The van der Waals surface area contributed by atoms with Gasteiger partial charge in [-0.15, -0.1) is 5.10 Å². The molecule has 38 heavy (non-hydrogen) atoms. The standard InChI is InChI=1S/C27H28Cl2N4O4S/c1-5-12-36-25(34)23-16(3)30-26-31-27(38-13-6-2)32-33(26)24(23)17-10-11-21(22(14-17)35-4)37-15-18-19(28)8-7-9-20(18)29/h5,7-11,14,24H,1,6,12-13,15H2,2-4H3,(H,30,31,32). The number of fused-ring (bicyclic) bond motifs is 1. The quantitative estimate of drug-likeness (QED) is 0.154. The molecule has 0 saturated heterocycles. The SMILES string of the molecule is C=CCOC(=O)C1=C(C)Nc2nc(SCCC)nn2C1c1ccc(OCc2c(Cl)cccc2Cl)c(OC)c1. The number of hydrogen-bond donors (Lipinski definition) is 1. The van der Waals surface area contributed by atoms with Gasteiger partial charge in [0.15, 0.2) is 11.5 Å². The number of nitrogens with zero attached hydrogens (tertiary/aromatic N) is 3. The summed E-state index contributed by atoms with van der Waals surface area (Å²) in [5, 5.41) is 9.56. The van der Waals surface area contributed by atoms with E-state index in [-0.39, 0.29) is 13.2 Å². The highest BCUT2D eigenvalue weighted by molar-refractivity contribution is 7.99. The van der Waals surface area contributed by atoms with Crippen LogP contribution in [0.15, 0.2) is 65.5 Å². The van der Waals surface area contributed by atoms with E-state index in [4.69, 9.17) is 42.5 Å². The van der Waals surface area contributed by atoms with Crippen LogP contribution >= 0.6 is 35.0 Å². The van der Waals surface area contributed by atoms with Crippen molar-refractivity contribution < 1.29 is 19.0 Å². The number of rotatable bonds is 11. The van der Waals surface area contributed by atoms with Crippen molar-refractivity contribution in [3.63, 3.8) is 0 Å². The molecule has 0 amide bonds. The summed E-state index contributed by atoms with van der Waals surface area (Å²) in [7, 11) is 1.55. The van der Waals surface area contributed by atoms with Crippen molar-refractivity contribution in [3.05, 3.63) is 81.5 Å². The molecule has 0 spiro atoms. The van der Waals surface area contributed by atoms with Crippen molar-refractivity contribution in [2.45, 2.75) is 38.1 Å². The van der Waals surface area contributed by atoms with Crippen molar-refractivity contribution in [2.75, 3.05) is 24.8 Å². The third kappa shape index (κ3) is 5.95. The second kappa shape index (κ2) is 12.6. The van der Waals surface area contributed by atoms with Crippen LogP contribution in [0.25, 0.3) is 0 Å². The van der Waals surface area contributed by atoms with Crippen LogP contribution in [-0.4, -0.2) is 40.2 Å². The molecule has 0 saturated carbocycles. The molecule has 2 aromatic carbocycles. The molecule has 200 valence electrons. The second-order valence-corrected chi connectivity index (χ2v) is 10.2. The van der Waals surface area contributed by atoms with Crippen molar-refractivity contribution in [3.8, 4) is 11.5 Å². The highest BCUT2D eigenvalue weighted by atomic mass is 35.5. The Hall–Kier alpha value is -3.14. The number of ether oxygens (including phenoxy) is 3. The number of nitrogens with one attached hydrogen (secondary N) is 1. The van der Waals surface area contributed by atoms with E-state index in [9.17, 15) is 4.79 Å². The fourth-order valence-electron chi connectivity index (χ4n) is 3.96. The minimum atomic E-state index is -0.604. The summed E-state index contributed by atoms with van der Waals surface area (Å²) in [5.74, 6) is 1.92. The first-order chi connectivity index (χ1) is 18.4. The number of carbonyl (C=O) groups excluding carboxylic acids is 1. The number of carbonyl (C=O) groups is 1. The Morgan fingerprint density at radius 1 is 1.24 bits per heavy atom. The summed E-state index contributed by atoms with van der Waals surface area (Å²) < 4.78 is 18.8. The Balaban J connectivity index is 1.72. The molecule has 0 radical (unpaired) electrons. The third-order valence-electron chi connectivity index (χ3n) is 5.76. The fraction of sp³-hybridized carbons (Fsp3) is 0.296. The molecule has 1 unspecified atom stereocenters. The van der Waals surface area contributed by atoms with Gasteiger partial charge in [-0.25, -0.2) is 9.48 Å². The van der Waals surface area contributed by atoms with Gasteiger partial charge in [-0.05, 0) is 43.2 Å². The molecule has 2 heterocycles. The van der Waals surface area contributed by atoms with Crippen LogP contribution in [0.2, 0.25) is 10.0 Å². The minimum absolute atomic E-state index is 0.0881. The Kier molecular flexibility index (Phi) is 9.25. The molecular weight excluding hydrogens is 547 g/mol. The van der Waals surface area contributed by atoms with E-state index in [1.807, 2.05) is 19.1 Å².